The molecule has 0 heterocycles. The first-order valence-electron chi connectivity index (χ1n) is 11.5. The molecule has 3 aliphatic rings. The zero-order valence-electron chi connectivity index (χ0n) is 16.8. The van der Waals surface area contributed by atoms with Crippen LogP contribution in [0.5, 0.6) is 0 Å². The van der Waals surface area contributed by atoms with Crippen LogP contribution < -0.4 is 0 Å². The summed E-state index contributed by atoms with van der Waals surface area (Å²) in [5, 5.41) is 0. The molecule has 0 radical (unpaired) electrons. The third-order valence-corrected chi connectivity index (χ3v) is 7.65. The molecule has 2 nitrogen and oxygen atoms in total. The maximum absolute atomic E-state index is 12.4. The van der Waals surface area contributed by atoms with Crippen molar-refractivity contribution in [2.24, 2.45) is 17.8 Å². The van der Waals surface area contributed by atoms with Gasteiger partial charge in [0.25, 0.3) is 0 Å². The molecule has 0 spiro atoms. The van der Waals surface area contributed by atoms with Crippen molar-refractivity contribution in [1.82, 2.24) is 0 Å². The van der Waals surface area contributed by atoms with Crippen molar-refractivity contribution in [3.63, 3.8) is 0 Å². The second kappa shape index (κ2) is 9.26. The number of hydrogen-bond donors (Lipinski definition) is 0. The molecule has 1 aromatic carbocycles. The number of ether oxygens (including phenoxy) is 1. The Morgan fingerprint density at radius 1 is 0.704 bits per heavy atom. The highest BCUT2D eigenvalue weighted by Crippen LogP contribution is 2.43. The largest absolute Gasteiger partial charge is 0.462 e. The van der Waals surface area contributed by atoms with Gasteiger partial charge in [0.15, 0.2) is 0 Å². The van der Waals surface area contributed by atoms with Gasteiger partial charge in [-0.25, -0.2) is 0 Å². The van der Waals surface area contributed by atoms with Crippen molar-refractivity contribution in [2.45, 2.75) is 95.5 Å². The number of carbonyl (C=O) groups excluding carboxylic acids is 1. The molecule has 4 rings (SSSR count). The van der Waals surface area contributed by atoms with E-state index in [2.05, 4.69) is 30.3 Å². The molecule has 0 amide bonds. The zero-order valence-corrected chi connectivity index (χ0v) is 16.8. The molecule has 0 aromatic heterocycles. The lowest BCUT2D eigenvalue weighted by Gasteiger charge is -2.38. The van der Waals surface area contributed by atoms with E-state index < -0.39 is 0 Å². The first-order chi connectivity index (χ1) is 13.3. The standard InChI is InChI=1S/C25H36O2/c26-25(23-9-5-2-6-10-23)27-24-17-15-22(16-18-24)21-13-11-20(12-14-21)19-7-3-1-4-8-19/h1,3-4,7-8,20-24H,2,5-6,9-18H2. The molecular weight excluding hydrogens is 332 g/mol. The van der Waals surface area contributed by atoms with E-state index in [1.165, 1.54) is 63.4 Å². The Morgan fingerprint density at radius 3 is 1.93 bits per heavy atom. The minimum absolute atomic E-state index is 0.113. The van der Waals surface area contributed by atoms with Gasteiger partial charge in [-0.15, -0.1) is 0 Å². The van der Waals surface area contributed by atoms with Gasteiger partial charge >= 0.3 is 5.97 Å². The Labute approximate surface area is 165 Å². The summed E-state index contributed by atoms with van der Waals surface area (Å²) < 4.78 is 5.90. The van der Waals surface area contributed by atoms with Gasteiger partial charge in [0.2, 0.25) is 0 Å². The van der Waals surface area contributed by atoms with E-state index in [0.29, 0.717) is 0 Å². The number of esters is 1. The van der Waals surface area contributed by atoms with Crippen molar-refractivity contribution < 1.29 is 9.53 Å². The van der Waals surface area contributed by atoms with Gasteiger partial charge in [-0.1, -0.05) is 49.6 Å². The minimum Gasteiger partial charge on any atom is -0.462 e. The number of hydrogen-bond acceptors (Lipinski definition) is 2. The van der Waals surface area contributed by atoms with E-state index in [-0.39, 0.29) is 18.0 Å². The molecule has 0 atom stereocenters. The summed E-state index contributed by atoms with van der Waals surface area (Å²) in [6.07, 6.45) is 16.2. The fourth-order valence-electron chi connectivity index (χ4n) is 5.93. The van der Waals surface area contributed by atoms with Gasteiger partial charge in [0.1, 0.15) is 6.10 Å². The van der Waals surface area contributed by atoms with Crippen molar-refractivity contribution in [2.75, 3.05) is 0 Å². The fraction of sp³-hybridized carbons (Fsp3) is 0.720. The highest BCUT2D eigenvalue weighted by atomic mass is 16.5. The molecule has 0 aliphatic heterocycles. The summed E-state index contributed by atoms with van der Waals surface area (Å²) >= 11 is 0. The van der Waals surface area contributed by atoms with Gasteiger partial charge in [-0.2, -0.15) is 0 Å². The van der Waals surface area contributed by atoms with Crippen LogP contribution in [-0.4, -0.2) is 12.1 Å². The zero-order chi connectivity index (χ0) is 18.5. The van der Waals surface area contributed by atoms with Crippen molar-refractivity contribution in [3.05, 3.63) is 35.9 Å². The maximum Gasteiger partial charge on any atom is 0.309 e. The molecule has 1 aromatic rings. The second-order valence-electron chi connectivity index (χ2n) is 9.33. The minimum atomic E-state index is 0.113. The van der Waals surface area contributed by atoms with Crippen LogP contribution >= 0.6 is 0 Å². The normalized spacial score (nSPS) is 32.7. The maximum atomic E-state index is 12.4. The number of benzene rings is 1. The molecule has 148 valence electrons. The molecule has 3 aliphatic carbocycles. The van der Waals surface area contributed by atoms with Gasteiger partial charge in [0, 0.05) is 0 Å². The van der Waals surface area contributed by atoms with Crippen LogP contribution in [0.25, 0.3) is 0 Å². The highest BCUT2D eigenvalue weighted by Gasteiger charge is 2.33. The van der Waals surface area contributed by atoms with Crippen LogP contribution in [0.3, 0.4) is 0 Å². The number of rotatable bonds is 4. The SMILES string of the molecule is O=C(OC1CCC(C2CCC(c3ccccc3)CC2)CC1)C1CCCCC1. The Balaban J connectivity index is 1.19. The molecule has 0 bridgehead atoms. The summed E-state index contributed by atoms with van der Waals surface area (Å²) in [6.45, 7) is 0. The van der Waals surface area contributed by atoms with E-state index in [1.54, 1.807) is 0 Å². The second-order valence-corrected chi connectivity index (χ2v) is 9.33. The van der Waals surface area contributed by atoms with E-state index >= 15 is 0 Å². The van der Waals surface area contributed by atoms with Crippen LogP contribution in [0.4, 0.5) is 0 Å². The van der Waals surface area contributed by atoms with E-state index in [4.69, 9.17) is 4.74 Å². The monoisotopic (exact) mass is 368 g/mol. The molecule has 0 unspecified atom stereocenters. The average Bonchev–Trinajstić information content (AvgIpc) is 2.76. The van der Waals surface area contributed by atoms with Crippen molar-refractivity contribution in [1.29, 1.82) is 0 Å². The van der Waals surface area contributed by atoms with Crippen molar-refractivity contribution in [3.8, 4) is 0 Å². The van der Waals surface area contributed by atoms with E-state index in [0.717, 1.165) is 43.4 Å². The Hall–Kier alpha value is -1.31. The summed E-state index contributed by atoms with van der Waals surface area (Å²) in [4.78, 5) is 12.4. The Kier molecular flexibility index (Phi) is 6.52. The molecule has 2 heteroatoms. The van der Waals surface area contributed by atoms with Gasteiger partial charge in [-0.05, 0) is 87.5 Å². The lowest BCUT2D eigenvalue weighted by Crippen LogP contribution is -2.31. The third kappa shape index (κ3) is 4.95. The topological polar surface area (TPSA) is 26.3 Å². The number of carbonyl (C=O) groups is 1. The van der Waals surface area contributed by atoms with Crippen LogP contribution in [-0.2, 0) is 9.53 Å². The Morgan fingerprint density at radius 2 is 1.30 bits per heavy atom. The van der Waals surface area contributed by atoms with Crippen LogP contribution in [0.1, 0.15) is 95.0 Å². The lowest BCUT2D eigenvalue weighted by molar-refractivity contribution is -0.157. The molecule has 0 N–H and O–H groups in total. The first-order valence-corrected chi connectivity index (χ1v) is 11.5. The lowest BCUT2D eigenvalue weighted by atomic mass is 9.69. The quantitative estimate of drug-likeness (QED) is 0.557. The van der Waals surface area contributed by atoms with Crippen LogP contribution in [0, 0.1) is 17.8 Å². The Bertz CT molecular complexity index is 574. The first kappa shape index (κ1) is 19.0. The molecule has 27 heavy (non-hydrogen) atoms. The summed E-state index contributed by atoms with van der Waals surface area (Å²) in [7, 11) is 0. The van der Waals surface area contributed by atoms with Gasteiger partial charge in [0.05, 0.1) is 5.92 Å². The molecule has 3 saturated carbocycles. The van der Waals surface area contributed by atoms with Crippen LogP contribution in [0.2, 0.25) is 0 Å². The smallest absolute Gasteiger partial charge is 0.309 e. The van der Waals surface area contributed by atoms with Crippen LogP contribution in [0.15, 0.2) is 30.3 Å². The summed E-state index contributed by atoms with van der Waals surface area (Å²) in [6, 6.07) is 11.1. The summed E-state index contributed by atoms with van der Waals surface area (Å²) in [5.74, 6) is 2.85. The predicted molar refractivity (Wildman–Crippen MR) is 110 cm³/mol. The predicted octanol–water partition coefficient (Wildman–Crippen LogP) is 6.64. The van der Waals surface area contributed by atoms with E-state index in [9.17, 15) is 4.79 Å². The highest BCUT2D eigenvalue weighted by molar-refractivity contribution is 5.72. The van der Waals surface area contributed by atoms with Gasteiger partial charge in [-0.3, -0.25) is 4.79 Å². The fourth-order valence-corrected chi connectivity index (χ4v) is 5.93. The van der Waals surface area contributed by atoms with Crippen molar-refractivity contribution >= 4 is 5.97 Å². The average molecular weight is 369 g/mol. The third-order valence-electron chi connectivity index (χ3n) is 7.65. The summed E-state index contributed by atoms with van der Waals surface area (Å²) in [5.41, 5.74) is 1.54. The molecule has 0 saturated heterocycles. The molecule has 3 fully saturated rings. The molecular formula is C25H36O2. The van der Waals surface area contributed by atoms with E-state index in [1.807, 2.05) is 0 Å². The van der Waals surface area contributed by atoms with Gasteiger partial charge < -0.3 is 4.74 Å².